The number of anilines is 1. The van der Waals surface area contributed by atoms with Crippen LogP contribution in [0, 0.1) is 5.41 Å². The Bertz CT molecular complexity index is 865. The number of hydrogen-bond donors (Lipinski definition) is 1. The van der Waals surface area contributed by atoms with E-state index >= 15 is 0 Å². The fraction of sp³-hybridized carbons (Fsp3) is 0.542. The molecule has 0 radical (unpaired) electrons. The van der Waals surface area contributed by atoms with Gasteiger partial charge < -0.3 is 10.0 Å². The van der Waals surface area contributed by atoms with Crippen LogP contribution >= 0.6 is 24.0 Å². The fourth-order valence-corrected chi connectivity index (χ4v) is 6.36. The number of thiocarbonyl (C=S) groups is 1. The largest absolute Gasteiger partial charge is 0.481 e. The average Bonchev–Trinajstić information content (AvgIpc) is 3.03. The predicted octanol–water partition coefficient (Wildman–Crippen LogP) is 5.30. The van der Waals surface area contributed by atoms with Gasteiger partial charge in [0.05, 0.1) is 4.91 Å². The Morgan fingerprint density at radius 2 is 1.77 bits per heavy atom. The van der Waals surface area contributed by atoms with E-state index in [0.29, 0.717) is 27.6 Å². The molecule has 5 nitrogen and oxygen atoms in total. The van der Waals surface area contributed by atoms with Crippen molar-refractivity contribution in [2.75, 3.05) is 24.5 Å². The molecule has 0 aromatic heterocycles. The molecule has 1 spiro atoms. The second-order valence-electron chi connectivity index (χ2n) is 8.97. The van der Waals surface area contributed by atoms with E-state index in [1.54, 1.807) is 0 Å². The predicted molar refractivity (Wildman–Crippen MR) is 130 cm³/mol. The van der Waals surface area contributed by atoms with Gasteiger partial charge >= 0.3 is 5.97 Å². The number of carboxylic acids is 1. The molecule has 0 unspecified atom stereocenters. The van der Waals surface area contributed by atoms with Crippen LogP contribution in [0.5, 0.6) is 0 Å². The summed E-state index contributed by atoms with van der Waals surface area (Å²) in [5.74, 6) is -0.984. The number of rotatable bonds is 6. The first kappa shape index (κ1) is 22.3. The molecule has 0 bridgehead atoms. The lowest BCUT2D eigenvalue weighted by molar-refractivity contribution is -0.137. The van der Waals surface area contributed by atoms with Crippen molar-refractivity contribution in [2.45, 2.75) is 57.8 Å². The Hall–Kier alpha value is -1.86. The number of benzene rings is 1. The Morgan fingerprint density at radius 1 is 1.10 bits per heavy atom. The maximum atomic E-state index is 12.7. The Labute approximate surface area is 193 Å². The van der Waals surface area contributed by atoms with Crippen molar-refractivity contribution in [2.24, 2.45) is 5.41 Å². The van der Waals surface area contributed by atoms with E-state index in [9.17, 15) is 9.59 Å². The zero-order valence-electron chi connectivity index (χ0n) is 17.8. The van der Waals surface area contributed by atoms with Crippen molar-refractivity contribution in [3.63, 3.8) is 0 Å². The zero-order chi connectivity index (χ0) is 21.8. The van der Waals surface area contributed by atoms with Gasteiger partial charge in [-0.1, -0.05) is 55.4 Å². The van der Waals surface area contributed by atoms with Crippen molar-refractivity contribution in [3.8, 4) is 0 Å². The van der Waals surface area contributed by atoms with Gasteiger partial charge in [0.1, 0.15) is 4.32 Å². The van der Waals surface area contributed by atoms with E-state index < -0.39 is 5.97 Å². The van der Waals surface area contributed by atoms with Crippen LogP contribution in [0.1, 0.15) is 63.4 Å². The second kappa shape index (κ2) is 9.74. The molecule has 31 heavy (non-hydrogen) atoms. The van der Waals surface area contributed by atoms with E-state index in [1.807, 2.05) is 6.08 Å². The first-order chi connectivity index (χ1) is 15.0. The Morgan fingerprint density at radius 3 is 2.42 bits per heavy atom. The SMILES string of the molecule is O=C(O)CCCN1C(=O)C(=Cc2ccc(N3CCC4(CCCCC4)CC3)cc2)SC1=S. The number of carbonyl (C=O) groups excluding carboxylic acids is 1. The smallest absolute Gasteiger partial charge is 0.303 e. The lowest BCUT2D eigenvalue weighted by Gasteiger charge is -2.45. The number of aliphatic carboxylic acids is 1. The summed E-state index contributed by atoms with van der Waals surface area (Å²) in [5, 5.41) is 8.79. The van der Waals surface area contributed by atoms with Gasteiger partial charge in [0.15, 0.2) is 0 Å². The van der Waals surface area contributed by atoms with Crippen LogP contribution in [0.25, 0.3) is 6.08 Å². The van der Waals surface area contributed by atoms with Gasteiger partial charge in [-0.15, -0.1) is 0 Å². The summed E-state index contributed by atoms with van der Waals surface area (Å²) in [6.07, 6.45) is 12.0. The number of carbonyl (C=O) groups is 2. The topological polar surface area (TPSA) is 60.9 Å². The number of piperidine rings is 1. The number of amides is 1. The monoisotopic (exact) mass is 458 g/mol. The molecule has 1 saturated carbocycles. The van der Waals surface area contributed by atoms with Gasteiger partial charge in [-0.3, -0.25) is 14.5 Å². The van der Waals surface area contributed by atoms with Crippen molar-refractivity contribution in [1.82, 2.24) is 4.90 Å². The highest BCUT2D eigenvalue weighted by Crippen LogP contribution is 2.45. The normalized spacial score (nSPS) is 22.5. The van der Waals surface area contributed by atoms with E-state index in [2.05, 4.69) is 29.2 Å². The highest BCUT2D eigenvalue weighted by Gasteiger charge is 2.35. The standard InChI is InChI=1S/C24H30N2O3S2/c27-21(28)5-4-14-26-22(29)20(31-23(26)30)17-18-6-8-19(9-7-18)25-15-12-24(13-16-25)10-2-1-3-11-24/h6-9,17H,1-5,10-16H2,(H,27,28). The van der Waals surface area contributed by atoms with Gasteiger partial charge in [0, 0.05) is 31.7 Å². The third-order valence-electron chi connectivity index (χ3n) is 6.94. The summed E-state index contributed by atoms with van der Waals surface area (Å²) in [4.78, 5) is 28.0. The summed E-state index contributed by atoms with van der Waals surface area (Å²) in [6, 6.07) is 8.44. The van der Waals surface area contributed by atoms with Gasteiger partial charge in [-0.2, -0.15) is 0 Å². The molecule has 2 heterocycles. The van der Waals surface area contributed by atoms with Crippen LogP contribution in [0.2, 0.25) is 0 Å². The van der Waals surface area contributed by atoms with E-state index in [1.165, 1.54) is 67.3 Å². The van der Waals surface area contributed by atoms with Crippen LogP contribution in [-0.4, -0.2) is 45.8 Å². The van der Waals surface area contributed by atoms with Crippen LogP contribution < -0.4 is 4.90 Å². The zero-order valence-corrected chi connectivity index (χ0v) is 19.5. The molecule has 3 aliphatic rings. The third kappa shape index (κ3) is 5.32. The van der Waals surface area contributed by atoms with Crippen LogP contribution in [0.15, 0.2) is 29.2 Å². The number of nitrogens with zero attached hydrogens (tertiary/aromatic N) is 2. The summed E-state index contributed by atoms with van der Waals surface area (Å²) in [7, 11) is 0. The minimum atomic E-state index is -0.858. The first-order valence-electron chi connectivity index (χ1n) is 11.3. The van der Waals surface area contributed by atoms with Crippen LogP contribution in [0.3, 0.4) is 0 Å². The van der Waals surface area contributed by atoms with Crippen molar-refractivity contribution >= 4 is 51.9 Å². The van der Waals surface area contributed by atoms with E-state index in [0.717, 1.165) is 18.7 Å². The van der Waals surface area contributed by atoms with Crippen molar-refractivity contribution in [1.29, 1.82) is 0 Å². The van der Waals surface area contributed by atoms with Crippen LogP contribution in [0.4, 0.5) is 5.69 Å². The number of carboxylic acid groups (broad SMARTS) is 1. The van der Waals surface area contributed by atoms with Gasteiger partial charge in [0.25, 0.3) is 5.91 Å². The summed E-state index contributed by atoms with van der Waals surface area (Å²) < 4.78 is 0.503. The molecule has 1 aromatic carbocycles. The first-order valence-corrected chi connectivity index (χ1v) is 12.5. The van der Waals surface area contributed by atoms with Gasteiger partial charge in [0.2, 0.25) is 0 Å². The minimum absolute atomic E-state index is 0.0369. The molecule has 3 fully saturated rings. The van der Waals surface area contributed by atoms with Crippen molar-refractivity contribution < 1.29 is 14.7 Å². The minimum Gasteiger partial charge on any atom is -0.481 e. The maximum absolute atomic E-state index is 12.7. The van der Waals surface area contributed by atoms with E-state index in [-0.39, 0.29) is 12.3 Å². The highest BCUT2D eigenvalue weighted by atomic mass is 32.2. The molecule has 166 valence electrons. The molecule has 7 heteroatoms. The molecule has 1 aromatic rings. The Balaban J connectivity index is 1.35. The van der Waals surface area contributed by atoms with Gasteiger partial charge in [-0.25, -0.2) is 0 Å². The lowest BCUT2D eigenvalue weighted by Crippen LogP contribution is -2.41. The molecule has 0 atom stereocenters. The molecule has 4 rings (SSSR count). The van der Waals surface area contributed by atoms with Crippen molar-refractivity contribution in [3.05, 3.63) is 34.7 Å². The number of hydrogen-bond acceptors (Lipinski definition) is 5. The summed E-state index contributed by atoms with van der Waals surface area (Å²) in [6.45, 7) is 2.62. The molecular weight excluding hydrogens is 428 g/mol. The van der Waals surface area contributed by atoms with Gasteiger partial charge in [-0.05, 0) is 61.3 Å². The lowest BCUT2D eigenvalue weighted by atomic mass is 9.68. The molecular formula is C24H30N2O3S2. The molecule has 2 saturated heterocycles. The molecule has 1 amide bonds. The highest BCUT2D eigenvalue weighted by molar-refractivity contribution is 8.26. The Kier molecular flexibility index (Phi) is 7.02. The third-order valence-corrected chi connectivity index (χ3v) is 8.32. The summed E-state index contributed by atoms with van der Waals surface area (Å²) in [5.41, 5.74) is 2.84. The number of thioether (sulfide) groups is 1. The fourth-order valence-electron chi connectivity index (χ4n) is 5.05. The summed E-state index contributed by atoms with van der Waals surface area (Å²) >= 11 is 6.61. The molecule has 2 aliphatic heterocycles. The van der Waals surface area contributed by atoms with Crippen LogP contribution in [-0.2, 0) is 9.59 Å². The quantitative estimate of drug-likeness (QED) is 0.461. The average molecular weight is 459 g/mol. The maximum Gasteiger partial charge on any atom is 0.303 e. The van der Waals surface area contributed by atoms with E-state index in [4.69, 9.17) is 17.3 Å². The molecule has 1 N–H and O–H groups in total. The molecule has 1 aliphatic carbocycles. The second-order valence-corrected chi connectivity index (χ2v) is 10.6.